The summed E-state index contributed by atoms with van der Waals surface area (Å²) in [4.78, 5) is 25.2. The first kappa shape index (κ1) is 22.2. The van der Waals surface area contributed by atoms with E-state index in [0.717, 1.165) is 42.7 Å². The van der Waals surface area contributed by atoms with E-state index in [1.165, 1.54) is 30.3 Å². The number of halogens is 3. The molecule has 0 spiro atoms. The standard InChI is InChI=1S/C22H23F3N2O2S/c23-22(24,25)16-7-4-8-18(13-16)26-20(28)14-30-19-11-9-17(10-12-19)27-21(29)15-5-2-1-3-6-15/h4,7-13,15H,1-3,5-6,14H2,(H,26,28)(H,27,29). The van der Waals surface area contributed by atoms with Crippen LogP contribution in [-0.2, 0) is 15.8 Å². The van der Waals surface area contributed by atoms with Gasteiger partial charge in [-0.05, 0) is 55.3 Å². The Hall–Kier alpha value is -2.48. The molecule has 8 heteroatoms. The van der Waals surface area contributed by atoms with Gasteiger partial charge in [0.15, 0.2) is 0 Å². The molecule has 2 N–H and O–H groups in total. The number of carbonyl (C=O) groups is 2. The monoisotopic (exact) mass is 436 g/mol. The maximum Gasteiger partial charge on any atom is 0.416 e. The molecule has 2 amide bonds. The number of hydrogen-bond acceptors (Lipinski definition) is 3. The summed E-state index contributed by atoms with van der Waals surface area (Å²) in [5.41, 5.74) is 0.0124. The van der Waals surface area contributed by atoms with Crippen molar-refractivity contribution in [3.05, 3.63) is 54.1 Å². The van der Waals surface area contributed by atoms with Crippen LogP contribution in [0, 0.1) is 5.92 Å². The zero-order valence-electron chi connectivity index (χ0n) is 16.3. The lowest BCUT2D eigenvalue weighted by molar-refractivity contribution is -0.137. The third-order valence-corrected chi connectivity index (χ3v) is 5.95. The van der Waals surface area contributed by atoms with Crippen molar-refractivity contribution in [2.24, 2.45) is 5.92 Å². The Morgan fingerprint density at radius 1 is 0.933 bits per heavy atom. The van der Waals surface area contributed by atoms with Crippen LogP contribution in [0.5, 0.6) is 0 Å². The number of benzene rings is 2. The summed E-state index contributed by atoms with van der Waals surface area (Å²) in [7, 11) is 0. The summed E-state index contributed by atoms with van der Waals surface area (Å²) in [5.74, 6) is -0.207. The Bertz CT molecular complexity index is 879. The van der Waals surface area contributed by atoms with Gasteiger partial charge in [-0.3, -0.25) is 9.59 Å². The van der Waals surface area contributed by atoms with Crippen LogP contribution in [0.25, 0.3) is 0 Å². The molecule has 30 heavy (non-hydrogen) atoms. The summed E-state index contributed by atoms with van der Waals surface area (Å²) in [6.07, 6.45) is 0.786. The van der Waals surface area contributed by atoms with Gasteiger partial charge in [0, 0.05) is 22.2 Å². The number of hydrogen-bond donors (Lipinski definition) is 2. The highest BCUT2D eigenvalue weighted by Gasteiger charge is 2.30. The summed E-state index contributed by atoms with van der Waals surface area (Å²) >= 11 is 1.27. The molecular formula is C22H23F3N2O2S. The van der Waals surface area contributed by atoms with E-state index >= 15 is 0 Å². The van der Waals surface area contributed by atoms with Crippen molar-refractivity contribution in [3.8, 4) is 0 Å². The van der Waals surface area contributed by atoms with Gasteiger partial charge in [-0.2, -0.15) is 13.2 Å². The summed E-state index contributed by atoms with van der Waals surface area (Å²) in [5, 5.41) is 5.42. The second-order valence-electron chi connectivity index (χ2n) is 7.26. The first-order valence-electron chi connectivity index (χ1n) is 9.82. The molecule has 0 saturated heterocycles. The molecule has 3 rings (SSSR count). The first-order valence-corrected chi connectivity index (χ1v) is 10.8. The fourth-order valence-corrected chi connectivity index (χ4v) is 4.06. The average molecular weight is 436 g/mol. The van der Waals surface area contributed by atoms with E-state index in [9.17, 15) is 22.8 Å². The molecule has 4 nitrogen and oxygen atoms in total. The molecule has 1 aliphatic rings. The number of thioether (sulfide) groups is 1. The first-order chi connectivity index (χ1) is 14.3. The highest BCUT2D eigenvalue weighted by atomic mass is 32.2. The van der Waals surface area contributed by atoms with E-state index in [1.54, 1.807) is 24.3 Å². The van der Waals surface area contributed by atoms with E-state index in [-0.39, 0.29) is 23.3 Å². The van der Waals surface area contributed by atoms with E-state index in [0.29, 0.717) is 5.69 Å². The second-order valence-corrected chi connectivity index (χ2v) is 8.31. The van der Waals surface area contributed by atoms with Crippen LogP contribution < -0.4 is 10.6 Å². The van der Waals surface area contributed by atoms with Gasteiger partial charge in [-0.15, -0.1) is 11.8 Å². The highest BCUT2D eigenvalue weighted by molar-refractivity contribution is 8.00. The maximum atomic E-state index is 12.7. The normalized spacial score (nSPS) is 14.9. The SMILES string of the molecule is O=C(CSc1ccc(NC(=O)C2CCCCC2)cc1)Nc1cccc(C(F)(F)F)c1. The van der Waals surface area contributed by atoms with Crippen molar-refractivity contribution >= 4 is 35.0 Å². The van der Waals surface area contributed by atoms with E-state index in [4.69, 9.17) is 0 Å². The van der Waals surface area contributed by atoms with E-state index < -0.39 is 17.6 Å². The Morgan fingerprint density at radius 2 is 1.63 bits per heavy atom. The maximum absolute atomic E-state index is 12.7. The van der Waals surface area contributed by atoms with Crippen LogP contribution in [0.3, 0.4) is 0 Å². The number of carbonyl (C=O) groups excluding carboxylic acids is 2. The molecule has 0 unspecified atom stereocenters. The predicted molar refractivity (Wildman–Crippen MR) is 112 cm³/mol. The van der Waals surface area contributed by atoms with Crippen molar-refractivity contribution in [3.63, 3.8) is 0 Å². The molecule has 0 aromatic heterocycles. The molecule has 160 valence electrons. The van der Waals surface area contributed by atoms with Gasteiger partial charge in [-0.25, -0.2) is 0 Å². The van der Waals surface area contributed by atoms with Gasteiger partial charge in [0.25, 0.3) is 0 Å². The van der Waals surface area contributed by atoms with E-state index in [2.05, 4.69) is 10.6 Å². The quantitative estimate of drug-likeness (QED) is 0.550. The Kier molecular flexibility index (Phi) is 7.42. The zero-order chi connectivity index (χ0) is 21.6. The number of rotatable bonds is 6. The van der Waals surface area contributed by atoms with Gasteiger partial charge < -0.3 is 10.6 Å². The Balaban J connectivity index is 1.47. The summed E-state index contributed by atoms with van der Waals surface area (Å²) in [6.45, 7) is 0. The van der Waals surface area contributed by atoms with Crippen molar-refractivity contribution in [2.45, 2.75) is 43.2 Å². The third-order valence-electron chi connectivity index (χ3n) is 4.94. The van der Waals surface area contributed by atoms with Crippen LogP contribution in [0.15, 0.2) is 53.4 Å². The molecule has 1 aliphatic carbocycles. The molecule has 0 atom stereocenters. The molecule has 0 bridgehead atoms. The number of anilines is 2. The van der Waals surface area contributed by atoms with Gasteiger partial charge in [-0.1, -0.05) is 25.3 Å². The van der Waals surface area contributed by atoms with Crippen molar-refractivity contribution in [1.29, 1.82) is 0 Å². The molecular weight excluding hydrogens is 413 g/mol. The van der Waals surface area contributed by atoms with Crippen molar-refractivity contribution in [2.75, 3.05) is 16.4 Å². The Labute approximate surface area is 177 Å². The summed E-state index contributed by atoms with van der Waals surface area (Å²) in [6, 6.07) is 11.7. The number of amides is 2. The topological polar surface area (TPSA) is 58.2 Å². The van der Waals surface area contributed by atoms with Crippen LogP contribution >= 0.6 is 11.8 Å². The molecule has 0 heterocycles. The molecule has 2 aromatic rings. The second kappa shape index (κ2) is 10.0. The highest BCUT2D eigenvalue weighted by Crippen LogP contribution is 2.31. The molecule has 1 saturated carbocycles. The molecule has 0 radical (unpaired) electrons. The summed E-state index contributed by atoms with van der Waals surface area (Å²) < 4.78 is 38.2. The number of nitrogens with one attached hydrogen (secondary N) is 2. The van der Waals surface area contributed by atoms with Crippen LogP contribution in [0.4, 0.5) is 24.5 Å². The Morgan fingerprint density at radius 3 is 2.30 bits per heavy atom. The fraction of sp³-hybridized carbons (Fsp3) is 0.364. The molecule has 1 fully saturated rings. The van der Waals surface area contributed by atoms with Crippen LogP contribution in [-0.4, -0.2) is 17.6 Å². The van der Waals surface area contributed by atoms with E-state index in [1.807, 2.05) is 0 Å². The third kappa shape index (κ3) is 6.52. The fourth-order valence-electron chi connectivity index (χ4n) is 3.36. The lowest BCUT2D eigenvalue weighted by atomic mass is 9.88. The lowest BCUT2D eigenvalue weighted by Crippen LogP contribution is -2.24. The van der Waals surface area contributed by atoms with Crippen molar-refractivity contribution in [1.82, 2.24) is 0 Å². The minimum Gasteiger partial charge on any atom is -0.326 e. The van der Waals surface area contributed by atoms with Crippen molar-refractivity contribution < 1.29 is 22.8 Å². The average Bonchev–Trinajstić information content (AvgIpc) is 2.73. The number of alkyl halides is 3. The predicted octanol–water partition coefficient (Wildman–Crippen LogP) is 5.96. The van der Waals surface area contributed by atoms with Crippen LogP contribution in [0.1, 0.15) is 37.7 Å². The lowest BCUT2D eigenvalue weighted by Gasteiger charge is -2.20. The largest absolute Gasteiger partial charge is 0.416 e. The minimum atomic E-state index is -4.45. The molecule has 2 aromatic carbocycles. The van der Waals surface area contributed by atoms with Gasteiger partial charge in [0.05, 0.1) is 11.3 Å². The van der Waals surface area contributed by atoms with Gasteiger partial charge >= 0.3 is 6.18 Å². The smallest absolute Gasteiger partial charge is 0.326 e. The van der Waals surface area contributed by atoms with Crippen LogP contribution in [0.2, 0.25) is 0 Å². The minimum absolute atomic E-state index is 0.0515. The zero-order valence-corrected chi connectivity index (χ0v) is 17.1. The molecule has 0 aliphatic heterocycles. The van der Waals surface area contributed by atoms with Gasteiger partial charge in [0.1, 0.15) is 0 Å². The van der Waals surface area contributed by atoms with Gasteiger partial charge in [0.2, 0.25) is 11.8 Å².